The molecule has 0 fully saturated rings. The van der Waals surface area contributed by atoms with Crippen molar-refractivity contribution in [1.29, 1.82) is 0 Å². The van der Waals surface area contributed by atoms with Gasteiger partial charge in [0.25, 0.3) is 0 Å². The zero-order valence-electron chi connectivity index (χ0n) is 22.4. The number of imidazole rings is 1. The molecule has 0 atom stereocenters. The van der Waals surface area contributed by atoms with Gasteiger partial charge in [-0.3, -0.25) is 9.98 Å². The van der Waals surface area contributed by atoms with E-state index in [1.54, 1.807) is 31.3 Å². The maximum Gasteiger partial charge on any atom is 0.214 e. The standard InChI is InChI=1S/C31H28F2N6O/c1-19-7-10-27-29(11-19)39(3)30(37-27)13-20-8-9-23(25(33)12-20)26-5-4-6-31(38-26)40-18-22-17-36-28(14-24(22)32)21(15-34)16-35-2/h4-12,14-17H,13,18,34H2,1-3H3/b21-15+,35-16?. The summed E-state index contributed by atoms with van der Waals surface area (Å²) in [6, 6.07) is 17.5. The number of benzene rings is 2. The molecule has 0 aliphatic carbocycles. The lowest BCUT2D eigenvalue weighted by atomic mass is 10.1. The first-order chi connectivity index (χ1) is 19.4. The molecule has 3 heterocycles. The molecule has 2 aromatic carbocycles. The molecule has 0 bridgehead atoms. The lowest BCUT2D eigenvalue weighted by Crippen LogP contribution is -2.04. The van der Waals surface area contributed by atoms with E-state index in [9.17, 15) is 4.39 Å². The van der Waals surface area contributed by atoms with Gasteiger partial charge in [-0.25, -0.2) is 18.7 Å². The smallest absolute Gasteiger partial charge is 0.214 e. The Morgan fingerprint density at radius 2 is 1.90 bits per heavy atom. The molecule has 2 N–H and O–H groups in total. The van der Waals surface area contributed by atoms with E-state index < -0.39 is 11.6 Å². The van der Waals surface area contributed by atoms with Gasteiger partial charge in [0.05, 0.1) is 22.4 Å². The summed E-state index contributed by atoms with van der Waals surface area (Å²) in [7, 11) is 3.56. The van der Waals surface area contributed by atoms with E-state index in [-0.39, 0.29) is 18.1 Å². The number of rotatable bonds is 8. The molecule has 3 aromatic heterocycles. The second-order valence-corrected chi connectivity index (χ2v) is 9.39. The van der Waals surface area contributed by atoms with Crippen molar-refractivity contribution in [3.05, 3.63) is 113 Å². The number of hydrogen-bond donors (Lipinski definition) is 1. The van der Waals surface area contributed by atoms with Crippen LogP contribution in [0.1, 0.15) is 28.2 Å². The van der Waals surface area contributed by atoms with Gasteiger partial charge in [0.15, 0.2) is 0 Å². The minimum Gasteiger partial charge on any atom is -0.473 e. The van der Waals surface area contributed by atoms with Gasteiger partial charge in [-0.1, -0.05) is 18.2 Å². The van der Waals surface area contributed by atoms with Gasteiger partial charge in [-0.2, -0.15) is 0 Å². The molecule has 0 aliphatic rings. The molecule has 5 aromatic rings. The van der Waals surface area contributed by atoms with Gasteiger partial charge in [0, 0.05) is 68.0 Å². The van der Waals surface area contributed by atoms with Crippen LogP contribution in [0.4, 0.5) is 8.78 Å². The summed E-state index contributed by atoms with van der Waals surface area (Å²) >= 11 is 0. The van der Waals surface area contributed by atoms with Crippen LogP contribution in [0.2, 0.25) is 0 Å². The Bertz CT molecular complexity index is 1760. The zero-order chi connectivity index (χ0) is 28.2. The minimum absolute atomic E-state index is 0.0991. The fourth-order valence-electron chi connectivity index (χ4n) is 4.42. The van der Waals surface area contributed by atoms with Gasteiger partial charge < -0.3 is 15.0 Å². The summed E-state index contributed by atoms with van der Waals surface area (Å²) in [6.07, 6.45) is 4.68. The number of nitrogens with zero attached hydrogens (tertiary/aromatic N) is 5. The van der Waals surface area contributed by atoms with Crippen molar-refractivity contribution in [2.45, 2.75) is 20.0 Å². The number of aromatic nitrogens is 4. The molecule has 0 aliphatic heterocycles. The number of allylic oxidation sites excluding steroid dienone is 1. The fraction of sp³-hybridized carbons (Fsp3) is 0.161. The Hall–Kier alpha value is -4.92. The molecule has 40 heavy (non-hydrogen) atoms. The van der Waals surface area contributed by atoms with Crippen molar-refractivity contribution in [3.63, 3.8) is 0 Å². The highest BCUT2D eigenvalue weighted by Crippen LogP contribution is 2.26. The molecule has 0 saturated heterocycles. The molecule has 7 nitrogen and oxygen atoms in total. The number of ether oxygens (including phenoxy) is 1. The highest BCUT2D eigenvalue weighted by atomic mass is 19.1. The topological polar surface area (TPSA) is 91.2 Å². The first-order valence-electron chi connectivity index (χ1n) is 12.7. The quantitative estimate of drug-likeness (QED) is 0.253. The van der Waals surface area contributed by atoms with Crippen LogP contribution >= 0.6 is 0 Å². The molecule has 0 unspecified atom stereocenters. The third-order valence-electron chi connectivity index (χ3n) is 6.57. The summed E-state index contributed by atoms with van der Waals surface area (Å²) in [5, 5.41) is 0. The van der Waals surface area contributed by atoms with Crippen LogP contribution in [-0.4, -0.2) is 32.8 Å². The Morgan fingerprint density at radius 1 is 1.05 bits per heavy atom. The number of hydrogen-bond acceptors (Lipinski definition) is 6. The third-order valence-corrected chi connectivity index (χ3v) is 6.57. The van der Waals surface area contributed by atoms with Crippen LogP contribution in [0.15, 0.2) is 78.1 Å². The molecule has 202 valence electrons. The zero-order valence-corrected chi connectivity index (χ0v) is 22.4. The van der Waals surface area contributed by atoms with Crippen molar-refractivity contribution in [2.75, 3.05) is 7.05 Å². The average molecular weight is 539 g/mol. The number of aryl methyl sites for hydroxylation is 2. The van der Waals surface area contributed by atoms with Gasteiger partial charge in [0.1, 0.15) is 24.1 Å². The molecular weight excluding hydrogens is 510 g/mol. The van der Waals surface area contributed by atoms with Crippen LogP contribution in [0.3, 0.4) is 0 Å². The van der Waals surface area contributed by atoms with E-state index in [0.29, 0.717) is 28.9 Å². The maximum absolute atomic E-state index is 15.2. The number of halogens is 2. The first-order valence-corrected chi connectivity index (χ1v) is 12.7. The monoisotopic (exact) mass is 538 g/mol. The third kappa shape index (κ3) is 5.58. The van der Waals surface area contributed by atoms with E-state index in [2.05, 4.69) is 21.0 Å². The summed E-state index contributed by atoms with van der Waals surface area (Å²) in [5.41, 5.74) is 11.3. The fourth-order valence-corrected chi connectivity index (χ4v) is 4.42. The lowest BCUT2D eigenvalue weighted by molar-refractivity contribution is 0.288. The number of pyridine rings is 2. The summed E-state index contributed by atoms with van der Waals surface area (Å²) in [6.45, 7) is 1.94. The average Bonchev–Trinajstić information content (AvgIpc) is 3.25. The molecule has 0 saturated carbocycles. The number of aliphatic imine (C=N–C) groups is 1. The molecule has 0 amide bonds. The van der Waals surface area contributed by atoms with Crippen LogP contribution in [0.5, 0.6) is 5.88 Å². The SMILES string of the molecule is CN=C/C(=C\N)c1cc(F)c(COc2cccc(-c3ccc(Cc4nc5ccc(C)cc5n4C)cc3F)n2)cn1. The van der Waals surface area contributed by atoms with Crippen LogP contribution < -0.4 is 10.5 Å². The van der Waals surface area contributed by atoms with Gasteiger partial charge >= 0.3 is 0 Å². The van der Waals surface area contributed by atoms with Gasteiger partial charge in [0.2, 0.25) is 5.88 Å². The molecular formula is C31H28F2N6O. The van der Waals surface area contributed by atoms with Gasteiger partial charge in [-0.05, 0) is 48.4 Å². The highest BCUT2D eigenvalue weighted by Gasteiger charge is 2.13. The van der Waals surface area contributed by atoms with Crippen molar-refractivity contribution in [2.24, 2.45) is 17.8 Å². The van der Waals surface area contributed by atoms with Gasteiger partial charge in [-0.15, -0.1) is 0 Å². The Morgan fingerprint density at radius 3 is 2.65 bits per heavy atom. The Balaban J connectivity index is 1.30. The number of nitrogens with two attached hydrogens (primary N) is 1. The van der Waals surface area contributed by atoms with Crippen molar-refractivity contribution in [1.82, 2.24) is 19.5 Å². The lowest BCUT2D eigenvalue weighted by Gasteiger charge is -2.10. The van der Waals surface area contributed by atoms with Crippen molar-refractivity contribution >= 4 is 22.8 Å². The largest absolute Gasteiger partial charge is 0.473 e. The maximum atomic E-state index is 15.2. The van der Waals surface area contributed by atoms with Crippen molar-refractivity contribution in [3.8, 4) is 17.1 Å². The molecule has 9 heteroatoms. The molecule has 0 radical (unpaired) electrons. The Kier molecular flexibility index (Phi) is 7.63. The second-order valence-electron chi connectivity index (χ2n) is 9.39. The van der Waals surface area contributed by atoms with E-state index in [0.717, 1.165) is 28.0 Å². The van der Waals surface area contributed by atoms with Crippen LogP contribution in [0.25, 0.3) is 27.9 Å². The molecule has 0 spiro atoms. The Labute approximate surface area is 230 Å². The van der Waals surface area contributed by atoms with E-state index in [1.807, 2.05) is 36.7 Å². The van der Waals surface area contributed by atoms with E-state index in [4.69, 9.17) is 15.5 Å². The summed E-state index contributed by atoms with van der Waals surface area (Å²) < 4.78 is 37.7. The van der Waals surface area contributed by atoms with E-state index in [1.165, 1.54) is 30.7 Å². The molecule has 5 rings (SSSR count). The highest BCUT2D eigenvalue weighted by molar-refractivity contribution is 6.08. The summed E-state index contributed by atoms with van der Waals surface area (Å²) in [5.74, 6) is 0.189. The predicted molar refractivity (Wildman–Crippen MR) is 153 cm³/mol. The number of fused-ring (bicyclic) bond motifs is 1. The predicted octanol–water partition coefficient (Wildman–Crippen LogP) is 5.79. The van der Waals surface area contributed by atoms with E-state index >= 15 is 4.39 Å². The normalized spacial score (nSPS) is 12.0. The van der Waals surface area contributed by atoms with Crippen LogP contribution in [0, 0.1) is 18.6 Å². The van der Waals surface area contributed by atoms with Crippen LogP contribution in [-0.2, 0) is 20.1 Å². The first kappa shape index (κ1) is 26.7. The summed E-state index contributed by atoms with van der Waals surface area (Å²) in [4.78, 5) is 17.3. The van der Waals surface area contributed by atoms with Crippen molar-refractivity contribution < 1.29 is 13.5 Å². The second kappa shape index (κ2) is 11.4. The minimum atomic E-state index is -0.498.